The van der Waals surface area contributed by atoms with E-state index in [1.54, 1.807) is 12.1 Å². The van der Waals surface area contributed by atoms with E-state index >= 15 is 0 Å². The molecule has 0 spiro atoms. The van der Waals surface area contributed by atoms with Crippen LogP contribution in [0.2, 0.25) is 0 Å². The number of pyridine rings is 1. The summed E-state index contributed by atoms with van der Waals surface area (Å²) >= 11 is 0. The molecule has 322 valence electrons. The van der Waals surface area contributed by atoms with Crippen molar-refractivity contribution >= 4 is 11.0 Å². The molecular weight excluding hydrogens is 962 g/mol. The molecule has 64 heavy (non-hydrogen) atoms. The number of phenolic OH excluding ortho intramolecular Hbond substituents is 1. The number of fused-ring (bicyclic) bond motifs is 1. The maximum atomic E-state index is 12.3. The molecule has 9 aromatic rings. The molecule has 0 saturated heterocycles. The van der Waals surface area contributed by atoms with Crippen LogP contribution >= 0.6 is 0 Å². The van der Waals surface area contributed by atoms with Gasteiger partial charge in [0.15, 0.2) is 0 Å². The van der Waals surface area contributed by atoms with E-state index in [4.69, 9.17) is 26.9 Å². The van der Waals surface area contributed by atoms with Crippen LogP contribution in [-0.2, 0) is 26.5 Å². The van der Waals surface area contributed by atoms with Gasteiger partial charge < -0.3 is 5.11 Å². The molecule has 0 bridgehead atoms. The molecule has 5 heteroatoms. The van der Waals surface area contributed by atoms with Gasteiger partial charge in [0, 0.05) is 55.1 Å². The molecule has 0 atom stereocenters. The number of imidazole rings is 1. The summed E-state index contributed by atoms with van der Waals surface area (Å²) in [6.45, 7) is -5.90. The fraction of sp³-hybridized carbons (Fsp3) is 0.186. The second-order valence-corrected chi connectivity index (χ2v) is 16.4. The molecule has 0 radical (unpaired) electrons. The maximum Gasteiger partial charge on any atom is 0.148 e. The largest absolute Gasteiger partial charge is 0.507 e. The van der Waals surface area contributed by atoms with Gasteiger partial charge in [0.05, 0.1) is 22.1 Å². The number of benzene rings is 7. The van der Waals surface area contributed by atoms with Crippen LogP contribution in [0.3, 0.4) is 0 Å². The maximum absolute atomic E-state index is 12.3. The van der Waals surface area contributed by atoms with Gasteiger partial charge in [0.2, 0.25) is 0 Å². The minimum Gasteiger partial charge on any atom is -0.507 e. The summed E-state index contributed by atoms with van der Waals surface area (Å²) in [5.74, 6) is 0.351. The Kier molecular flexibility index (Phi) is 8.01. The summed E-state index contributed by atoms with van der Waals surface area (Å²) in [5.41, 5.74) is 3.08. The Hall–Kier alpha value is -6.35. The number of aryl methyl sites for hydroxylation is 1. The van der Waals surface area contributed by atoms with Crippen LogP contribution < -0.4 is 0 Å². The van der Waals surface area contributed by atoms with Gasteiger partial charge in [-0.15, -0.1) is 23.8 Å². The standard InChI is InChI=1S/C59H54N3O.Pt/c1-37(2)44-34-52(38(3)4)57(63)53(35-44)58-61-56-51(20-15-21-55(56)62(58)50-29-39(5)28-45(33-50)40-16-11-9-12-17-40)47-30-46(41-18-13-10-14-19-41)31-48(32-47)54-36-43(26-27-60-54)42-22-24-49(25-23-42)59(6,7)8;/h9-31,33-38,63H,1-8H3;/q-1;/i5D3,6D3,7D3,8D3,22D,23D,24D,25D;. The van der Waals surface area contributed by atoms with Crippen LogP contribution in [0.15, 0.2) is 164 Å². The molecule has 0 fully saturated rings. The average Bonchev–Trinajstić information content (AvgIpc) is 3.92. The number of aromatic nitrogens is 3. The molecule has 0 aliphatic rings. The van der Waals surface area contributed by atoms with E-state index in [-0.39, 0.29) is 61.0 Å². The van der Waals surface area contributed by atoms with Crippen LogP contribution in [0.5, 0.6) is 5.75 Å². The van der Waals surface area contributed by atoms with Crippen molar-refractivity contribution in [3.05, 3.63) is 192 Å². The van der Waals surface area contributed by atoms with E-state index in [0.717, 1.165) is 16.7 Å². The first-order valence-corrected chi connectivity index (χ1v) is 20.8. The Balaban J connectivity index is 0.00000841. The van der Waals surface area contributed by atoms with Crippen molar-refractivity contribution in [3.8, 4) is 78.6 Å². The second kappa shape index (κ2) is 18.0. The fourth-order valence-electron chi connectivity index (χ4n) is 7.95. The summed E-state index contributed by atoms with van der Waals surface area (Å²) in [6, 6.07) is 39.8. The first kappa shape index (κ1) is 28.4. The molecule has 4 nitrogen and oxygen atoms in total. The first-order valence-electron chi connectivity index (χ1n) is 28.8. The summed E-state index contributed by atoms with van der Waals surface area (Å²) in [5, 5.41) is 12.3. The summed E-state index contributed by atoms with van der Waals surface area (Å²) < 4.78 is 138. The second-order valence-electron chi connectivity index (χ2n) is 16.4. The van der Waals surface area contributed by atoms with E-state index in [2.05, 4.69) is 24.9 Å². The van der Waals surface area contributed by atoms with Gasteiger partial charge >= 0.3 is 0 Å². The molecule has 2 heterocycles. The molecule has 1 N–H and O–H groups in total. The zero-order valence-corrected chi connectivity index (χ0v) is 37.8. The van der Waals surface area contributed by atoms with Gasteiger partial charge in [-0.1, -0.05) is 180 Å². The Morgan fingerprint density at radius 2 is 1.33 bits per heavy atom. The van der Waals surface area contributed by atoms with E-state index in [9.17, 15) is 5.11 Å². The normalized spacial score (nSPS) is 16.1. The fourth-order valence-corrected chi connectivity index (χ4v) is 7.95. The van der Waals surface area contributed by atoms with Crippen molar-refractivity contribution in [1.82, 2.24) is 14.5 Å². The molecule has 2 aromatic heterocycles. The van der Waals surface area contributed by atoms with Crippen LogP contribution in [0, 0.1) is 12.9 Å². The van der Waals surface area contributed by atoms with E-state index in [0.29, 0.717) is 61.5 Å². The molecule has 9 rings (SSSR count). The third-order valence-electron chi connectivity index (χ3n) is 11.3. The minimum absolute atomic E-state index is 0. The summed E-state index contributed by atoms with van der Waals surface area (Å²) in [6.07, 6.45) is 1.37. The van der Waals surface area contributed by atoms with Gasteiger partial charge in [-0.2, -0.15) is 0 Å². The third-order valence-corrected chi connectivity index (χ3v) is 11.3. The van der Waals surface area contributed by atoms with Crippen molar-refractivity contribution in [3.63, 3.8) is 0 Å². The monoisotopic (exact) mass is 1030 g/mol. The Morgan fingerprint density at radius 1 is 0.641 bits per heavy atom. The molecule has 0 unspecified atom stereocenters. The Bertz CT molecular complexity index is 3740. The molecule has 0 saturated carbocycles. The number of hydrogen-bond donors (Lipinski definition) is 1. The molecule has 0 aliphatic heterocycles. The number of hydrogen-bond acceptors (Lipinski definition) is 3. The van der Waals surface area contributed by atoms with Crippen molar-refractivity contribution in [2.75, 3.05) is 0 Å². The number of nitrogens with zero attached hydrogens (tertiary/aromatic N) is 3. The molecule has 0 amide bonds. The van der Waals surface area contributed by atoms with Crippen molar-refractivity contribution < 1.29 is 48.1 Å². The van der Waals surface area contributed by atoms with E-state index < -0.39 is 62.6 Å². The molecule has 0 aliphatic carbocycles. The van der Waals surface area contributed by atoms with Crippen molar-refractivity contribution in [2.24, 2.45) is 0 Å². The SMILES string of the molecule is [2H]c1c([2H])c(C(C([2H])([2H])[2H])(C([2H])([2H])[2H])C([2H])([2H])[2H])c([2H])c([2H])c1-c1ccnc(-c2[c-]c(-c3cccc4c3nc(-c3cc(C(C)C)cc(C(C)C)c3O)n4-c3cc(-c4ccccc4)cc(C([2H])([2H])[2H])c3)cc(-c3ccccc3)c2)c1.[Pt]. The number of phenols is 1. The summed E-state index contributed by atoms with van der Waals surface area (Å²) in [7, 11) is 0. The first-order chi connectivity index (χ1) is 37.0. The number of rotatable bonds is 9. The minimum atomic E-state index is -3.84. The number of para-hydroxylation sites is 1. The quantitative estimate of drug-likeness (QED) is 0.147. The smallest absolute Gasteiger partial charge is 0.148 e. The topological polar surface area (TPSA) is 50.9 Å². The van der Waals surface area contributed by atoms with Crippen LogP contribution in [0.25, 0.3) is 83.9 Å². The predicted octanol–water partition coefficient (Wildman–Crippen LogP) is 15.8. The zero-order valence-electron chi connectivity index (χ0n) is 51.5. The van der Waals surface area contributed by atoms with E-state index in [1.807, 2.05) is 128 Å². The van der Waals surface area contributed by atoms with Gasteiger partial charge in [-0.3, -0.25) is 9.55 Å². The zero-order chi connectivity index (χ0) is 57.5. The van der Waals surface area contributed by atoms with Crippen molar-refractivity contribution in [2.45, 2.75) is 72.4 Å². The molecular formula is C59H54N3OPt-. The molecule has 7 aromatic carbocycles. The third kappa shape index (κ3) is 8.77. The van der Waals surface area contributed by atoms with Gasteiger partial charge in [-0.25, -0.2) is 4.98 Å². The van der Waals surface area contributed by atoms with Gasteiger partial charge in [-0.05, 0) is 105 Å². The Morgan fingerprint density at radius 3 is 1.98 bits per heavy atom. The van der Waals surface area contributed by atoms with Crippen LogP contribution in [-0.4, -0.2) is 19.6 Å². The summed E-state index contributed by atoms with van der Waals surface area (Å²) in [4.78, 5) is 10.1. The number of aromatic hydroxyl groups is 1. The average molecular weight is 1030 g/mol. The van der Waals surface area contributed by atoms with Crippen LogP contribution in [0.4, 0.5) is 0 Å². The van der Waals surface area contributed by atoms with Crippen molar-refractivity contribution in [1.29, 1.82) is 0 Å². The van der Waals surface area contributed by atoms with E-state index in [1.165, 1.54) is 18.3 Å². The van der Waals surface area contributed by atoms with Gasteiger partial charge in [0.1, 0.15) is 11.6 Å². The van der Waals surface area contributed by atoms with Crippen LogP contribution in [0.1, 0.15) is 104 Å². The van der Waals surface area contributed by atoms with Gasteiger partial charge in [0.25, 0.3) is 0 Å². The Labute approximate surface area is 415 Å². The predicted molar refractivity (Wildman–Crippen MR) is 264 cm³/mol.